The number of hydrogen-bond donors (Lipinski definition) is 2. The van der Waals surface area contributed by atoms with Crippen LogP contribution in [0, 0.1) is 6.92 Å². The van der Waals surface area contributed by atoms with Gasteiger partial charge in [0.25, 0.3) is 0 Å². The van der Waals surface area contributed by atoms with Gasteiger partial charge in [-0.2, -0.15) is 0 Å². The molecule has 1 aromatic heterocycles. The first-order valence-corrected chi connectivity index (χ1v) is 6.87. The number of rotatable bonds is 6. The number of benzene rings is 1. The van der Waals surface area contributed by atoms with E-state index in [2.05, 4.69) is 31.1 Å². The molecule has 1 aromatic carbocycles. The van der Waals surface area contributed by atoms with Crippen LogP contribution in [0.15, 0.2) is 34.9 Å². The Bertz CT molecular complexity index is 544. The third-order valence-corrected chi connectivity index (χ3v) is 3.34. The van der Waals surface area contributed by atoms with E-state index in [0.29, 0.717) is 18.9 Å². The second-order valence-corrected chi connectivity index (χ2v) is 5.72. The molecule has 0 radical (unpaired) electrons. The monoisotopic (exact) mass is 274 g/mol. The zero-order valence-electron chi connectivity index (χ0n) is 12.3. The van der Waals surface area contributed by atoms with Gasteiger partial charge in [0.1, 0.15) is 6.26 Å². The highest BCUT2D eigenvalue weighted by Gasteiger charge is 2.17. The molecule has 0 aliphatic carbocycles. The van der Waals surface area contributed by atoms with Gasteiger partial charge in [-0.05, 0) is 39.3 Å². The van der Waals surface area contributed by atoms with E-state index in [9.17, 15) is 0 Å². The second kappa shape index (κ2) is 6.20. The first-order valence-electron chi connectivity index (χ1n) is 6.87. The van der Waals surface area contributed by atoms with Crippen LogP contribution in [-0.2, 0) is 6.54 Å². The summed E-state index contributed by atoms with van der Waals surface area (Å²) in [5.41, 5.74) is 2.95. The molecule has 0 amide bonds. The number of aromatic nitrogens is 1. The molecule has 2 aromatic rings. The maximum Gasteiger partial charge on any atom is 0.226 e. The zero-order chi connectivity index (χ0) is 14.6. The van der Waals surface area contributed by atoms with Gasteiger partial charge < -0.3 is 14.8 Å². The Balaban J connectivity index is 2.00. The lowest BCUT2D eigenvalue weighted by Crippen LogP contribution is -2.39. The summed E-state index contributed by atoms with van der Waals surface area (Å²) in [4.78, 5) is 4.48. The predicted octanol–water partition coefficient (Wildman–Crippen LogP) is 2.90. The summed E-state index contributed by atoms with van der Waals surface area (Å²) in [5, 5.41) is 12.4. The Labute approximate surface area is 119 Å². The maximum atomic E-state index is 9.00. The highest BCUT2D eigenvalue weighted by Crippen LogP contribution is 2.19. The molecule has 0 bridgehead atoms. The van der Waals surface area contributed by atoms with Crippen LogP contribution >= 0.6 is 0 Å². The summed E-state index contributed by atoms with van der Waals surface area (Å²) in [5.74, 6) is 0.641. The molecule has 0 aliphatic heterocycles. The predicted molar refractivity (Wildman–Crippen MR) is 79.3 cm³/mol. The van der Waals surface area contributed by atoms with Crippen LogP contribution in [0.4, 0.5) is 0 Å². The van der Waals surface area contributed by atoms with Gasteiger partial charge in [0.15, 0.2) is 0 Å². The normalized spacial score (nSPS) is 11.8. The van der Waals surface area contributed by atoms with Crippen LogP contribution in [0.2, 0.25) is 0 Å². The van der Waals surface area contributed by atoms with Crippen LogP contribution in [-0.4, -0.2) is 22.2 Å². The van der Waals surface area contributed by atoms with Crippen molar-refractivity contribution in [1.29, 1.82) is 0 Å². The van der Waals surface area contributed by atoms with Gasteiger partial charge in [-0.25, -0.2) is 4.98 Å². The lowest BCUT2D eigenvalue weighted by atomic mass is 10.0. The first kappa shape index (κ1) is 14.8. The molecule has 0 aliphatic rings. The Morgan fingerprint density at radius 2 is 1.95 bits per heavy atom. The van der Waals surface area contributed by atoms with Gasteiger partial charge in [-0.15, -0.1) is 0 Å². The van der Waals surface area contributed by atoms with E-state index in [1.807, 2.05) is 24.3 Å². The van der Waals surface area contributed by atoms with E-state index in [-0.39, 0.29) is 12.1 Å². The minimum Gasteiger partial charge on any atom is -0.444 e. The van der Waals surface area contributed by atoms with Crippen molar-refractivity contribution in [2.24, 2.45) is 0 Å². The van der Waals surface area contributed by atoms with E-state index in [1.54, 1.807) is 6.26 Å². The number of aliphatic hydroxyl groups is 1. The Hall–Kier alpha value is -1.65. The molecule has 1 heterocycles. The van der Waals surface area contributed by atoms with Crippen LogP contribution in [0.5, 0.6) is 0 Å². The molecule has 4 nitrogen and oxygen atoms in total. The quantitative estimate of drug-likeness (QED) is 0.850. The number of aliphatic hydroxyl groups excluding tert-OH is 1. The minimum atomic E-state index is -0.113. The summed E-state index contributed by atoms with van der Waals surface area (Å²) in [7, 11) is 0. The average molecular weight is 274 g/mol. The third-order valence-electron chi connectivity index (χ3n) is 3.34. The summed E-state index contributed by atoms with van der Waals surface area (Å²) >= 11 is 0. The molecule has 0 saturated heterocycles. The van der Waals surface area contributed by atoms with Crippen molar-refractivity contribution < 1.29 is 9.52 Å². The molecule has 0 fully saturated rings. The SMILES string of the molecule is Cc1ccc(-c2nc(CNC(C)(C)CCO)co2)cc1. The fourth-order valence-corrected chi connectivity index (χ4v) is 1.91. The Morgan fingerprint density at radius 1 is 1.25 bits per heavy atom. The van der Waals surface area contributed by atoms with E-state index in [1.165, 1.54) is 5.56 Å². The van der Waals surface area contributed by atoms with Gasteiger partial charge >= 0.3 is 0 Å². The molecule has 2 N–H and O–H groups in total. The first-order chi connectivity index (χ1) is 9.50. The largest absolute Gasteiger partial charge is 0.444 e. The summed E-state index contributed by atoms with van der Waals surface area (Å²) in [6.45, 7) is 6.97. The lowest BCUT2D eigenvalue weighted by Gasteiger charge is -2.24. The van der Waals surface area contributed by atoms with Gasteiger partial charge in [0.2, 0.25) is 5.89 Å². The van der Waals surface area contributed by atoms with Crippen LogP contribution in [0.1, 0.15) is 31.5 Å². The standard InChI is InChI=1S/C16H22N2O2/c1-12-4-6-13(7-5-12)15-18-14(11-20-15)10-17-16(2,3)8-9-19/h4-7,11,17,19H,8-10H2,1-3H3. The molecule has 20 heavy (non-hydrogen) atoms. The molecule has 108 valence electrons. The number of oxazole rings is 1. The van der Waals surface area contributed by atoms with Gasteiger partial charge in [0.05, 0.1) is 5.69 Å². The molecular weight excluding hydrogens is 252 g/mol. The number of aryl methyl sites for hydroxylation is 1. The molecule has 0 saturated carbocycles. The summed E-state index contributed by atoms with van der Waals surface area (Å²) in [6.07, 6.45) is 2.38. The Morgan fingerprint density at radius 3 is 2.60 bits per heavy atom. The molecule has 0 unspecified atom stereocenters. The third kappa shape index (κ3) is 3.92. The van der Waals surface area contributed by atoms with Crippen LogP contribution in [0.3, 0.4) is 0 Å². The van der Waals surface area contributed by atoms with Crippen molar-refractivity contribution in [1.82, 2.24) is 10.3 Å². The van der Waals surface area contributed by atoms with Crippen molar-refractivity contribution in [2.75, 3.05) is 6.61 Å². The van der Waals surface area contributed by atoms with E-state index >= 15 is 0 Å². The van der Waals surface area contributed by atoms with Gasteiger partial charge in [-0.1, -0.05) is 17.7 Å². The molecule has 4 heteroatoms. The number of hydrogen-bond acceptors (Lipinski definition) is 4. The van der Waals surface area contributed by atoms with Crippen molar-refractivity contribution in [3.63, 3.8) is 0 Å². The minimum absolute atomic E-state index is 0.113. The molecular formula is C16H22N2O2. The zero-order valence-corrected chi connectivity index (χ0v) is 12.3. The molecule has 2 rings (SSSR count). The van der Waals surface area contributed by atoms with Gasteiger partial charge in [0, 0.05) is 24.3 Å². The number of nitrogens with zero attached hydrogens (tertiary/aromatic N) is 1. The molecule has 0 atom stereocenters. The van der Waals surface area contributed by atoms with Gasteiger partial charge in [-0.3, -0.25) is 0 Å². The smallest absolute Gasteiger partial charge is 0.226 e. The Kier molecular flexibility index (Phi) is 4.57. The van der Waals surface area contributed by atoms with Crippen LogP contribution in [0.25, 0.3) is 11.5 Å². The van der Waals surface area contributed by atoms with Crippen LogP contribution < -0.4 is 5.32 Å². The summed E-state index contributed by atoms with van der Waals surface area (Å²) in [6, 6.07) is 8.10. The number of nitrogens with one attached hydrogen (secondary N) is 1. The van der Waals surface area contributed by atoms with Crippen molar-refractivity contribution in [2.45, 2.75) is 39.3 Å². The van der Waals surface area contributed by atoms with E-state index in [4.69, 9.17) is 9.52 Å². The van der Waals surface area contributed by atoms with Crippen molar-refractivity contribution >= 4 is 0 Å². The van der Waals surface area contributed by atoms with Crippen molar-refractivity contribution in [3.8, 4) is 11.5 Å². The topological polar surface area (TPSA) is 58.3 Å². The lowest BCUT2D eigenvalue weighted by molar-refractivity contribution is 0.229. The van der Waals surface area contributed by atoms with E-state index < -0.39 is 0 Å². The fraction of sp³-hybridized carbons (Fsp3) is 0.438. The maximum absolute atomic E-state index is 9.00. The van der Waals surface area contributed by atoms with E-state index in [0.717, 1.165) is 11.3 Å². The highest BCUT2D eigenvalue weighted by molar-refractivity contribution is 5.53. The second-order valence-electron chi connectivity index (χ2n) is 5.72. The highest BCUT2D eigenvalue weighted by atomic mass is 16.3. The molecule has 0 spiro atoms. The average Bonchev–Trinajstić information content (AvgIpc) is 2.86. The van der Waals surface area contributed by atoms with Crippen molar-refractivity contribution in [3.05, 3.63) is 41.8 Å². The fourth-order valence-electron chi connectivity index (χ4n) is 1.91. The summed E-state index contributed by atoms with van der Waals surface area (Å²) < 4.78 is 5.52.